The van der Waals surface area contributed by atoms with Crippen LogP contribution in [0.4, 0.5) is 0 Å². The Balaban J connectivity index is 1.45. The predicted molar refractivity (Wildman–Crippen MR) is 72.8 cm³/mol. The van der Waals surface area contributed by atoms with Gasteiger partial charge in [0.25, 0.3) is 5.91 Å². The first-order chi connectivity index (χ1) is 9.63. The van der Waals surface area contributed by atoms with Crippen LogP contribution in [-0.4, -0.2) is 49.8 Å². The molecule has 1 atom stereocenters. The van der Waals surface area contributed by atoms with Gasteiger partial charge in [0, 0.05) is 25.6 Å². The fraction of sp³-hybridized carbons (Fsp3) is 0.667. The second-order valence-corrected chi connectivity index (χ2v) is 5.72. The first kappa shape index (κ1) is 13.6. The van der Waals surface area contributed by atoms with E-state index in [4.69, 9.17) is 13.9 Å². The molecule has 3 heterocycles. The van der Waals surface area contributed by atoms with Crippen molar-refractivity contribution in [2.24, 2.45) is 5.92 Å². The third-order valence-corrected chi connectivity index (χ3v) is 4.00. The number of hydrogen-bond acceptors (Lipinski definition) is 4. The van der Waals surface area contributed by atoms with Gasteiger partial charge in [0.05, 0.1) is 24.9 Å². The number of amides is 1. The van der Waals surface area contributed by atoms with Gasteiger partial charge in [0.15, 0.2) is 0 Å². The average molecular weight is 279 g/mol. The summed E-state index contributed by atoms with van der Waals surface area (Å²) in [5.74, 6) is 2.04. The van der Waals surface area contributed by atoms with Crippen LogP contribution in [0.1, 0.15) is 28.3 Å². The molecular weight excluding hydrogens is 258 g/mol. The fourth-order valence-corrected chi connectivity index (χ4v) is 2.71. The Labute approximate surface area is 118 Å². The van der Waals surface area contributed by atoms with Crippen molar-refractivity contribution in [3.63, 3.8) is 0 Å². The zero-order valence-electron chi connectivity index (χ0n) is 12.1. The molecule has 2 aliphatic rings. The molecule has 0 saturated carbocycles. The van der Waals surface area contributed by atoms with Crippen molar-refractivity contribution in [3.05, 3.63) is 23.2 Å². The fourth-order valence-electron chi connectivity index (χ4n) is 2.71. The molecule has 0 spiro atoms. The number of carbonyl (C=O) groups excluding carboxylic acids is 1. The van der Waals surface area contributed by atoms with Crippen molar-refractivity contribution in [2.75, 3.05) is 32.9 Å². The van der Waals surface area contributed by atoms with Crippen LogP contribution in [0.2, 0.25) is 0 Å². The zero-order chi connectivity index (χ0) is 14.1. The lowest BCUT2D eigenvalue weighted by atomic mass is 10.1. The molecule has 0 bridgehead atoms. The van der Waals surface area contributed by atoms with E-state index >= 15 is 0 Å². The van der Waals surface area contributed by atoms with Crippen molar-refractivity contribution in [2.45, 2.75) is 26.4 Å². The standard InChI is InChI=1S/C15H21NO4/c1-10-5-14(11(2)20-10)15(17)16-6-13(7-16)19-9-12-3-4-18-8-12/h5,12-13H,3-4,6-9H2,1-2H3. The van der Waals surface area contributed by atoms with Crippen LogP contribution in [0.5, 0.6) is 0 Å². The third kappa shape index (κ3) is 2.74. The molecule has 1 amide bonds. The van der Waals surface area contributed by atoms with E-state index in [0.29, 0.717) is 30.3 Å². The second-order valence-electron chi connectivity index (χ2n) is 5.72. The van der Waals surface area contributed by atoms with E-state index in [1.165, 1.54) is 0 Å². The summed E-state index contributed by atoms with van der Waals surface area (Å²) >= 11 is 0. The van der Waals surface area contributed by atoms with Crippen LogP contribution in [0.3, 0.4) is 0 Å². The van der Waals surface area contributed by atoms with Crippen molar-refractivity contribution >= 4 is 5.91 Å². The summed E-state index contributed by atoms with van der Waals surface area (Å²) in [7, 11) is 0. The molecule has 0 aromatic carbocycles. The van der Waals surface area contributed by atoms with Gasteiger partial charge in [-0.2, -0.15) is 0 Å². The smallest absolute Gasteiger partial charge is 0.257 e. The van der Waals surface area contributed by atoms with Gasteiger partial charge in [-0.1, -0.05) is 0 Å². The third-order valence-electron chi connectivity index (χ3n) is 4.00. The minimum atomic E-state index is 0.0448. The Kier molecular flexibility index (Phi) is 3.81. The Morgan fingerprint density at radius 2 is 2.25 bits per heavy atom. The second kappa shape index (κ2) is 5.58. The van der Waals surface area contributed by atoms with Gasteiger partial charge in [-0.15, -0.1) is 0 Å². The lowest BCUT2D eigenvalue weighted by Gasteiger charge is -2.39. The molecule has 1 aromatic rings. The maximum Gasteiger partial charge on any atom is 0.257 e. The summed E-state index contributed by atoms with van der Waals surface area (Å²) in [5, 5.41) is 0. The lowest BCUT2D eigenvalue weighted by molar-refractivity contribution is -0.0542. The molecule has 110 valence electrons. The van der Waals surface area contributed by atoms with Gasteiger partial charge >= 0.3 is 0 Å². The Morgan fingerprint density at radius 3 is 2.85 bits per heavy atom. The largest absolute Gasteiger partial charge is 0.466 e. The number of carbonyl (C=O) groups is 1. The van der Waals surface area contributed by atoms with E-state index in [2.05, 4.69) is 0 Å². The van der Waals surface area contributed by atoms with Crippen LogP contribution in [0.15, 0.2) is 10.5 Å². The lowest BCUT2D eigenvalue weighted by Crippen LogP contribution is -2.55. The van der Waals surface area contributed by atoms with E-state index in [1.807, 2.05) is 24.8 Å². The Morgan fingerprint density at radius 1 is 1.45 bits per heavy atom. The number of likely N-dealkylation sites (tertiary alicyclic amines) is 1. The maximum atomic E-state index is 12.3. The molecule has 20 heavy (non-hydrogen) atoms. The summed E-state index contributed by atoms with van der Waals surface area (Å²) in [6, 6.07) is 1.81. The molecule has 1 unspecified atom stereocenters. The van der Waals surface area contributed by atoms with E-state index in [9.17, 15) is 4.79 Å². The molecular formula is C15H21NO4. The summed E-state index contributed by atoms with van der Waals surface area (Å²) in [6.45, 7) is 7.44. The number of ether oxygens (including phenoxy) is 2. The monoisotopic (exact) mass is 279 g/mol. The highest BCUT2D eigenvalue weighted by Crippen LogP contribution is 2.22. The van der Waals surface area contributed by atoms with Gasteiger partial charge < -0.3 is 18.8 Å². The van der Waals surface area contributed by atoms with Crippen molar-refractivity contribution < 1.29 is 18.7 Å². The quantitative estimate of drug-likeness (QED) is 0.843. The highest BCUT2D eigenvalue weighted by molar-refractivity contribution is 5.95. The summed E-state index contributed by atoms with van der Waals surface area (Å²) in [4.78, 5) is 14.1. The summed E-state index contributed by atoms with van der Waals surface area (Å²) < 4.78 is 16.5. The van der Waals surface area contributed by atoms with Crippen molar-refractivity contribution in [1.82, 2.24) is 4.90 Å². The topological polar surface area (TPSA) is 51.9 Å². The van der Waals surface area contributed by atoms with Gasteiger partial charge in [-0.25, -0.2) is 0 Å². The van der Waals surface area contributed by atoms with Crippen LogP contribution >= 0.6 is 0 Å². The number of hydrogen-bond donors (Lipinski definition) is 0. The first-order valence-electron chi connectivity index (χ1n) is 7.19. The van der Waals surface area contributed by atoms with E-state index in [1.54, 1.807) is 0 Å². The molecule has 2 saturated heterocycles. The normalized spacial score (nSPS) is 23.1. The first-order valence-corrected chi connectivity index (χ1v) is 7.19. The number of aryl methyl sites for hydroxylation is 2. The SMILES string of the molecule is Cc1cc(C(=O)N2CC(OCC3CCOC3)C2)c(C)o1. The van der Waals surface area contributed by atoms with Crippen molar-refractivity contribution in [3.8, 4) is 0 Å². The Bertz CT molecular complexity index is 484. The van der Waals surface area contributed by atoms with Crippen LogP contribution in [-0.2, 0) is 9.47 Å². The summed E-state index contributed by atoms with van der Waals surface area (Å²) in [5.41, 5.74) is 0.671. The molecule has 5 heteroatoms. The molecule has 5 nitrogen and oxygen atoms in total. The maximum absolute atomic E-state index is 12.3. The van der Waals surface area contributed by atoms with Gasteiger partial charge in [0.1, 0.15) is 11.5 Å². The Hall–Kier alpha value is -1.33. The number of furan rings is 1. The molecule has 2 aliphatic heterocycles. The van der Waals surface area contributed by atoms with Gasteiger partial charge in [-0.3, -0.25) is 4.79 Å². The van der Waals surface area contributed by atoms with Crippen LogP contribution < -0.4 is 0 Å². The van der Waals surface area contributed by atoms with Crippen molar-refractivity contribution in [1.29, 1.82) is 0 Å². The van der Waals surface area contributed by atoms with Crippen LogP contribution in [0, 0.1) is 19.8 Å². The van der Waals surface area contributed by atoms with E-state index in [0.717, 1.165) is 32.0 Å². The number of rotatable bonds is 4. The van der Waals surface area contributed by atoms with Gasteiger partial charge in [-0.05, 0) is 26.3 Å². The molecule has 0 N–H and O–H groups in total. The highest BCUT2D eigenvalue weighted by atomic mass is 16.5. The zero-order valence-corrected chi connectivity index (χ0v) is 12.1. The van der Waals surface area contributed by atoms with E-state index in [-0.39, 0.29) is 12.0 Å². The molecule has 1 aromatic heterocycles. The van der Waals surface area contributed by atoms with Gasteiger partial charge in [0.2, 0.25) is 0 Å². The average Bonchev–Trinajstić information content (AvgIpc) is 2.96. The van der Waals surface area contributed by atoms with E-state index < -0.39 is 0 Å². The molecule has 0 aliphatic carbocycles. The van der Waals surface area contributed by atoms with Crippen LogP contribution in [0.25, 0.3) is 0 Å². The molecule has 2 fully saturated rings. The number of nitrogens with zero attached hydrogens (tertiary/aromatic N) is 1. The summed E-state index contributed by atoms with van der Waals surface area (Å²) in [6.07, 6.45) is 1.26. The highest BCUT2D eigenvalue weighted by Gasteiger charge is 2.34. The predicted octanol–water partition coefficient (Wildman–Crippen LogP) is 1.77. The molecule has 3 rings (SSSR count). The molecule has 0 radical (unpaired) electrons. The minimum absolute atomic E-state index is 0.0448. The minimum Gasteiger partial charge on any atom is -0.466 e.